The summed E-state index contributed by atoms with van der Waals surface area (Å²) >= 11 is 0. The van der Waals surface area contributed by atoms with Crippen LogP contribution in [0.15, 0.2) is 48.8 Å². The van der Waals surface area contributed by atoms with Gasteiger partial charge >= 0.3 is 0 Å². The van der Waals surface area contributed by atoms with E-state index in [9.17, 15) is 4.79 Å². The largest absolute Gasteiger partial charge is 0.497 e. The van der Waals surface area contributed by atoms with Crippen molar-refractivity contribution < 1.29 is 14.3 Å². The molecule has 2 atom stereocenters. The van der Waals surface area contributed by atoms with Gasteiger partial charge in [0.2, 0.25) is 0 Å². The zero-order chi connectivity index (χ0) is 18.9. The molecule has 6 heteroatoms. The van der Waals surface area contributed by atoms with Gasteiger partial charge in [-0.25, -0.2) is 0 Å². The number of hydrogen-bond acceptors (Lipinski definition) is 5. The maximum absolute atomic E-state index is 13.5. The summed E-state index contributed by atoms with van der Waals surface area (Å²) in [5, 5.41) is 0. The van der Waals surface area contributed by atoms with Crippen molar-refractivity contribution in [2.24, 2.45) is 0 Å². The van der Waals surface area contributed by atoms with Crippen molar-refractivity contribution in [2.45, 2.75) is 18.1 Å². The van der Waals surface area contributed by atoms with Crippen LogP contribution in [-0.2, 0) is 16.1 Å². The summed E-state index contributed by atoms with van der Waals surface area (Å²) in [5.41, 5.74) is 1.31. The molecule has 0 bridgehead atoms. The smallest absolute Gasteiger partial charge is 0.257 e. The summed E-state index contributed by atoms with van der Waals surface area (Å²) in [7, 11) is 3.69. The third-order valence-electron chi connectivity index (χ3n) is 5.55. The lowest BCUT2D eigenvalue weighted by Gasteiger charge is -2.42. The Kier molecular flexibility index (Phi) is 4.85. The Morgan fingerprint density at radius 2 is 2.11 bits per heavy atom. The molecule has 2 aliphatic rings. The lowest BCUT2D eigenvalue weighted by molar-refractivity contribution is -0.172. The van der Waals surface area contributed by atoms with E-state index in [0.717, 1.165) is 23.4 Å². The van der Waals surface area contributed by atoms with Crippen LogP contribution in [0.5, 0.6) is 5.75 Å². The molecule has 2 aliphatic heterocycles. The van der Waals surface area contributed by atoms with E-state index < -0.39 is 5.60 Å². The van der Waals surface area contributed by atoms with Crippen molar-refractivity contribution >= 4 is 5.91 Å². The highest BCUT2D eigenvalue weighted by molar-refractivity contribution is 5.88. The molecule has 6 nitrogen and oxygen atoms in total. The average molecular weight is 367 g/mol. The first-order valence-electron chi connectivity index (χ1n) is 9.27. The molecule has 3 heterocycles. The van der Waals surface area contributed by atoms with Crippen LogP contribution in [0.2, 0.25) is 0 Å². The zero-order valence-electron chi connectivity index (χ0n) is 15.8. The number of ether oxygens (including phenoxy) is 2. The highest BCUT2D eigenvalue weighted by Crippen LogP contribution is 2.41. The fourth-order valence-corrected chi connectivity index (χ4v) is 4.23. The molecule has 2 aromatic rings. The second kappa shape index (κ2) is 7.29. The normalized spacial score (nSPS) is 25.9. The fraction of sp³-hybridized carbons (Fsp3) is 0.429. The number of carbonyl (C=O) groups excluding carboxylic acids is 1. The summed E-state index contributed by atoms with van der Waals surface area (Å²) in [5.74, 6) is 0.878. The van der Waals surface area contributed by atoms with Gasteiger partial charge in [-0.05, 0) is 36.4 Å². The number of pyridine rings is 1. The number of nitrogens with zero attached hydrogens (tertiary/aromatic N) is 3. The maximum atomic E-state index is 13.5. The molecule has 142 valence electrons. The first-order chi connectivity index (χ1) is 13.1. The van der Waals surface area contributed by atoms with Gasteiger partial charge in [0.1, 0.15) is 5.75 Å². The van der Waals surface area contributed by atoms with Crippen LogP contribution in [0.1, 0.15) is 17.0 Å². The quantitative estimate of drug-likeness (QED) is 0.826. The molecule has 1 spiro atoms. The zero-order valence-corrected chi connectivity index (χ0v) is 15.8. The lowest BCUT2D eigenvalue weighted by Crippen LogP contribution is -2.59. The molecule has 2 saturated heterocycles. The minimum atomic E-state index is -0.831. The van der Waals surface area contributed by atoms with Crippen LogP contribution in [0, 0.1) is 0 Å². The van der Waals surface area contributed by atoms with E-state index in [1.165, 1.54) is 0 Å². The van der Waals surface area contributed by atoms with E-state index in [4.69, 9.17) is 9.47 Å². The molecule has 1 amide bonds. The van der Waals surface area contributed by atoms with Gasteiger partial charge in [0.05, 0.1) is 13.7 Å². The van der Waals surface area contributed by atoms with E-state index in [-0.39, 0.29) is 11.8 Å². The molecule has 4 rings (SSSR count). The van der Waals surface area contributed by atoms with Gasteiger partial charge in [-0.3, -0.25) is 9.78 Å². The van der Waals surface area contributed by atoms with Gasteiger partial charge < -0.3 is 19.3 Å². The van der Waals surface area contributed by atoms with Crippen LogP contribution in [0.4, 0.5) is 0 Å². The Balaban J connectivity index is 1.59. The topological polar surface area (TPSA) is 54.9 Å². The summed E-state index contributed by atoms with van der Waals surface area (Å²) in [6.45, 7) is 3.12. The maximum Gasteiger partial charge on any atom is 0.257 e. The number of amides is 1. The van der Waals surface area contributed by atoms with Crippen molar-refractivity contribution in [1.29, 1.82) is 0 Å². The van der Waals surface area contributed by atoms with Crippen molar-refractivity contribution in [3.8, 4) is 5.75 Å². The molecular formula is C21H25N3O3. The molecule has 0 aliphatic carbocycles. The predicted molar refractivity (Wildman–Crippen MR) is 102 cm³/mol. The Morgan fingerprint density at radius 1 is 1.30 bits per heavy atom. The number of morpholine rings is 1. The van der Waals surface area contributed by atoms with Crippen LogP contribution in [-0.4, -0.2) is 66.7 Å². The minimum absolute atomic E-state index is 0.0117. The third-order valence-corrected chi connectivity index (χ3v) is 5.55. The van der Waals surface area contributed by atoms with Gasteiger partial charge in [-0.2, -0.15) is 0 Å². The molecule has 1 aromatic carbocycles. The van der Waals surface area contributed by atoms with E-state index in [1.54, 1.807) is 13.3 Å². The fourth-order valence-electron chi connectivity index (χ4n) is 4.23. The SMILES string of the molecule is COc1ccc(CN2CCO[C@@]3(CN(C)C[C@H]3c3cccnc3)C2=O)cc1. The molecular weight excluding hydrogens is 342 g/mol. The van der Waals surface area contributed by atoms with Crippen LogP contribution >= 0.6 is 0 Å². The number of hydrogen-bond donors (Lipinski definition) is 0. The second-order valence-corrected chi connectivity index (χ2v) is 7.35. The lowest BCUT2D eigenvalue weighted by atomic mass is 9.83. The van der Waals surface area contributed by atoms with Gasteiger partial charge in [-0.1, -0.05) is 18.2 Å². The molecule has 0 unspecified atom stereocenters. The molecule has 0 saturated carbocycles. The number of benzene rings is 1. The summed E-state index contributed by atoms with van der Waals surface area (Å²) in [6.07, 6.45) is 3.61. The number of likely N-dealkylation sites (N-methyl/N-ethyl adjacent to an activating group) is 1. The predicted octanol–water partition coefficient (Wildman–Crippen LogP) is 1.92. The molecule has 2 fully saturated rings. The number of methoxy groups -OCH3 is 1. The van der Waals surface area contributed by atoms with Gasteiger partial charge in [0, 0.05) is 44.5 Å². The monoisotopic (exact) mass is 367 g/mol. The summed E-state index contributed by atoms with van der Waals surface area (Å²) < 4.78 is 11.4. The minimum Gasteiger partial charge on any atom is -0.497 e. The number of aromatic nitrogens is 1. The summed E-state index contributed by atoms with van der Waals surface area (Å²) in [6, 6.07) is 11.8. The first kappa shape index (κ1) is 17.9. The van der Waals surface area contributed by atoms with E-state index in [0.29, 0.717) is 26.2 Å². The second-order valence-electron chi connectivity index (χ2n) is 7.35. The van der Waals surface area contributed by atoms with Crippen LogP contribution < -0.4 is 4.74 Å². The van der Waals surface area contributed by atoms with Gasteiger partial charge in [0.15, 0.2) is 5.60 Å². The third kappa shape index (κ3) is 3.31. The molecule has 27 heavy (non-hydrogen) atoms. The number of carbonyl (C=O) groups is 1. The number of likely N-dealkylation sites (tertiary alicyclic amines) is 1. The van der Waals surface area contributed by atoms with Gasteiger partial charge in [0.25, 0.3) is 5.91 Å². The molecule has 0 N–H and O–H groups in total. The highest BCUT2D eigenvalue weighted by atomic mass is 16.5. The van der Waals surface area contributed by atoms with E-state index >= 15 is 0 Å². The number of rotatable bonds is 4. The Labute approximate surface area is 159 Å². The Hall–Kier alpha value is -2.44. The van der Waals surface area contributed by atoms with E-state index in [1.807, 2.05) is 54.5 Å². The molecule has 0 radical (unpaired) electrons. The van der Waals surface area contributed by atoms with Crippen LogP contribution in [0.25, 0.3) is 0 Å². The Bertz CT molecular complexity index is 796. The van der Waals surface area contributed by atoms with Crippen molar-refractivity contribution in [3.05, 3.63) is 59.9 Å². The van der Waals surface area contributed by atoms with Gasteiger partial charge in [-0.15, -0.1) is 0 Å². The van der Waals surface area contributed by atoms with E-state index in [2.05, 4.69) is 9.88 Å². The van der Waals surface area contributed by atoms with Crippen molar-refractivity contribution in [3.63, 3.8) is 0 Å². The first-order valence-corrected chi connectivity index (χ1v) is 9.27. The average Bonchev–Trinajstić information content (AvgIpc) is 3.04. The molecule has 1 aromatic heterocycles. The highest BCUT2D eigenvalue weighted by Gasteiger charge is 2.56. The standard InChI is InChI=1S/C21H25N3O3/c1-23-14-19(17-4-3-9-22-12-17)21(15-23)20(25)24(10-11-27-21)13-16-5-7-18(26-2)8-6-16/h3-9,12,19H,10-11,13-15H2,1-2H3/t19-,21+/m0/s1. The van der Waals surface area contributed by atoms with Crippen molar-refractivity contribution in [1.82, 2.24) is 14.8 Å². The van der Waals surface area contributed by atoms with Crippen molar-refractivity contribution in [2.75, 3.05) is 40.4 Å². The summed E-state index contributed by atoms with van der Waals surface area (Å²) in [4.78, 5) is 21.9. The van der Waals surface area contributed by atoms with Crippen LogP contribution in [0.3, 0.4) is 0 Å². The Morgan fingerprint density at radius 3 is 2.81 bits per heavy atom.